The molecule has 2 fully saturated rings. The van der Waals surface area contributed by atoms with Gasteiger partial charge in [-0.15, -0.1) is 0 Å². The van der Waals surface area contributed by atoms with E-state index in [2.05, 4.69) is 19.0 Å². The van der Waals surface area contributed by atoms with E-state index in [0.717, 1.165) is 64.5 Å². The van der Waals surface area contributed by atoms with Gasteiger partial charge in [-0.25, -0.2) is 0 Å². The van der Waals surface area contributed by atoms with Crippen LogP contribution in [0.2, 0.25) is 0 Å². The predicted octanol–water partition coefficient (Wildman–Crippen LogP) is 8.51. The number of ether oxygens (including phenoxy) is 3. The topological polar surface area (TPSA) is 71.4 Å². The standard InChI is InChI=1S/C35H69NO5/c1-36(2)29-20-28-35(38)41-32(23-12-8-4-3-7-11-19-30-39-31-21-15-16-22-31)24-13-9-5-6-10-14-27-34(37)40-33-25-17-18-26-33/h31-35,37-38H,3-30H2,1-2H3. The van der Waals surface area contributed by atoms with Crippen molar-refractivity contribution < 1.29 is 24.4 Å². The second-order valence-corrected chi connectivity index (χ2v) is 13.4. The van der Waals surface area contributed by atoms with Crippen LogP contribution in [0.5, 0.6) is 0 Å². The van der Waals surface area contributed by atoms with Crippen molar-refractivity contribution in [3.63, 3.8) is 0 Å². The second kappa shape index (κ2) is 25.1. The summed E-state index contributed by atoms with van der Waals surface area (Å²) in [6.45, 7) is 1.94. The van der Waals surface area contributed by atoms with Crippen LogP contribution in [-0.2, 0) is 14.2 Å². The van der Waals surface area contributed by atoms with Gasteiger partial charge in [0.05, 0.1) is 18.3 Å². The smallest absolute Gasteiger partial charge is 0.154 e. The van der Waals surface area contributed by atoms with Crippen LogP contribution in [0.15, 0.2) is 0 Å². The Hall–Kier alpha value is -0.240. The summed E-state index contributed by atoms with van der Waals surface area (Å²) in [6, 6.07) is 0. The third kappa shape index (κ3) is 21.2. The van der Waals surface area contributed by atoms with E-state index < -0.39 is 12.6 Å². The summed E-state index contributed by atoms with van der Waals surface area (Å²) < 4.78 is 17.9. The summed E-state index contributed by atoms with van der Waals surface area (Å²) in [5.74, 6) is 0. The molecule has 0 aromatic carbocycles. The van der Waals surface area contributed by atoms with Crippen LogP contribution < -0.4 is 0 Å². The number of nitrogens with zero attached hydrogens (tertiary/aromatic N) is 1. The molecule has 0 aliphatic heterocycles. The van der Waals surface area contributed by atoms with E-state index in [4.69, 9.17) is 14.2 Å². The van der Waals surface area contributed by atoms with Crippen molar-refractivity contribution in [2.24, 2.45) is 0 Å². The number of aliphatic hydroxyl groups excluding tert-OH is 2. The molecular formula is C35H69NO5. The van der Waals surface area contributed by atoms with Crippen LogP contribution in [0.1, 0.15) is 167 Å². The first-order chi connectivity index (χ1) is 20.0. The van der Waals surface area contributed by atoms with Gasteiger partial charge in [0.2, 0.25) is 0 Å². The van der Waals surface area contributed by atoms with Gasteiger partial charge >= 0.3 is 0 Å². The zero-order valence-corrected chi connectivity index (χ0v) is 27.3. The lowest BCUT2D eigenvalue weighted by Gasteiger charge is -2.22. The number of rotatable bonds is 28. The van der Waals surface area contributed by atoms with Crippen molar-refractivity contribution in [1.29, 1.82) is 0 Å². The fraction of sp³-hybridized carbons (Fsp3) is 1.00. The van der Waals surface area contributed by atoms with Crippen molar-refractivity contribution >= 4 is 0 Å². The maximum Gasteiger partial charge on any atom is 0.154 e. The molecule has 0 amide bonds. The highest BCUT2D eigenvalue weighted by Gasteiger charge is 2.19. The second-order valence-electron chi connectivity index (χ2n) is 13.4. The number of hydrogen-bond donors (Lipinski definition) is 2. The highest BCUT2D eigenvalue weighted by molar-refractivity contribution is 4.68. The Morgan fingerprint density at radius 1 is 0.561 bits per heavy atom. The molecule has 3 unspecified atom stereocenters. The average molecular weight is 584 g/mol. The molecule has 2 saturated carbocycles. The Morgan fingerprint density at radius 3 is 1.59 bits per heavy atom. The van der Waals surface area contributed by atoms with Gasteiger partial charge in [-0.3, -0.25) is 0 Å². The van der Waals surface area contributed by atoms with Crippen molar-refractivity contribution in [2.45, 2.75) is 198 Å². The van der Waals surface area contributed by atoms with E-state index in [-0.39, 0.29) is 6.10 Å². The fourth-order valence-electron chi connectivity index (χ4n) is 6.53. The summed E-state index contributed by atoms with van der Waals surface area (Å²) in [6.07, 6.45) is 30.4. The molecule has 3 atom stereocenters. The van der Waals surface area contributed by atoms with E-state index >= 15 is 0 Å². The minimum Gasteiger partial charge on any atom is -0.378 e. The van der Waals surface area contributed by atoms with Gasteiger partial charge in [-0.2, -0.15) is 0 Å². The summed E-state index contributed by atoms with van der Waals surface area (Å²) in [7, 11) is 4.15. The van der Waals surface area contributed by atoms with E-state index in [1.54, 1.807) is 0 Å². The third-order valence-corrected chi connectivity index (χ3v) is 9.11. The largest absolute Gasteiger partial charge is 0.378 e. The number of aliphatic hydroxyl groups is 2. The maximum absolute atomic E-state index is 10.5. The molecule has 244 valence electrons. The monoisotopic (exact) mass is 584 g/mol. The van der Waals surface area contributed by atoms with Crippen LogP contribution >= 0.6 is 0 Å². The van der Waals surface area contributed by atoms with E-state index in [1.165, 1.54) is 116 Å². The van der Waals surface area contributed by atoms with Gasteiger partial charge in [-0.05, 0) is 91.3 Å². The Kier molecular flexibility index (Phi) is 22.6. The maximum atomic E-state index is 10.5. The first-order valence-corrected chi connectivity index (χ1v) is 18.0. The molecule has 0 spiro atoms. The summed E-state index contributed by atoms with van der Waals surface area (Å²) in [5, 5.41) is 20.6. The molecule has 2 rings (SSSR count). The van der Waals surface area contributed by atoms with E-state index in [9.17, 15) is 10.2 Å². The van der Waals surface area contributed by atoms with Crippen LogP contribution in [0.3, 0.4) is 0 Å². The minimum absolute atomic E-state index is 0.181. The molecular weight excluding hydrogens is 514 g/mol. The number of unbranched alkanes of at least 4 members (excludes halogenated alkanes) is 11. The Labute approximate surface area is 254 Å². The summed E-state index contributed by atoms with van der Waals surface area (Å²) in [4.78, 5) is 2.16. The Morgan fingerprint density at radius 2 is 1.02 bits per heavy atom. The van der Waals surface area contributed by atoms with Crippen LogP contribution in [-0.4, -0.2) is 73.3 Å². The first kappa shape index (κ1) is 36.9. The van der Waals surface area contributed by atoms with Gasteiger partial charge in [0.1, 0.15) is 0 Å². The predicted molar refractivity (Wildman–Crippen MR) is 170 cm³/mol. The molecule has 0 heterocycles. The van der Waals surface area contributed by atoms with Crippen molar-refractivity contribution in [3.8, 4) is 0 Å². The molecule has 0 saturated heterocycles. The van der Waals surface area contributed by atoms with E-state index in [1.807, 2.05) is 0 Å². The molecule has 0 aromatic rings. The Bertz CT molecular complexity index is 565. The third-order valence-electron chi connectivity index (χ3n) is 9.11. The van der Waals surface area contributed by atoms with Gasteiger partial charge in [0, 0.05) is 6.61 Å². The average Bonchev–Trinajstić information content (AvgIpc) is 3.65. The molecule has 2 aliphatic carbocycles. The molecule has 41 heavy (non-hydrogen) atoms. The van der Waals surface area contributed by atoms with Crippen LogP contribution in [0, 0.1) is 0 Å². The first-order valence-electron chi connectivity index (χ1n) is 18.0. The van der Waals surface area contributed by atoms with Gasteiger partial charge in [0.25, 0.3) is 0 Å². The highest BCUT2D eigenvalue weighted by Crippen LogP contribution is 2.24. The summed E-state index contributed by atoms with van der Waals surface area (Å²) >= 11 is 0. The molecule has 0 radical (unpaired) electrons. The zero-order valence-electron chi connectivity index (χ0n) is 27.3. The summed E-state index contributed by atoms with van der Waals surface area (Å²) in [5.41, 5.74) is 0. The SMILES string of the molecule is CN(C)CCCC(O)OC(CCCCCCCCCOC1CCCC1)CCCCCCCCC(O)OC1CCCC1. The quantitative estimate of drug-likeness (QED) is 0.0711. The van der Waals surface area contributed by atoms with Gasteiger partial charge in [0.15, 0.2) is 12.6 Å². The number of hydrogen-bond acceptors (Lipinski definition) is 6. The minimum atomic E-state index is -0.635. The van der Waals surface area contributed by atoms with Crippen LogP contribution in [0.4, 0.5) is 0 Å². The molecule has 2 aliphatic rings. The molecule has 6 heteroatoms. The zero-order chi connectivity index (χ0) is 29.4. The van der Waals surface area contributed by atoms with Crippen molar-refractivity contribution in [2.75, 3.05) is 27.2 Å². The normalized spacial score (nSPS) is 19.0. The van der Waals surface area contributed by atoms with Gasteiger partial charge in [-0.1, -0.05) is 96.3 Å². The lowest BCUT2D eigenvalue weighted by Crippen LogP contribution is -2.23. The van der Waals surface area contributed by atoms with Crippen LogP contribution in [0.25, 0.3) is 0 Å². The molecule has 6 nitrogen and oxygen atoms in total. The van der Waals surface area contributed by atoms with Crippen molar-refractivity contribution in [3.05, 3.63) is 0 Å². The lowest BCUT2D eigenvalue weighted by atomic mass is 10.0. The highest BCUT2D eigenvalue weighted by atomic mass is 16.6. The van der Waals surface area contributed by atoms with E-state index in [0.29, 0.717) is 12.2 Å². The fourth-order valence-corrected chi connectivity index (χ4v) is 6.53. The molecule has 0 bridgehead atoms. The van der Waals surface area contributed by atoms with Crippen molar-refractivity contribution in [1.82, 2.24) is 4.90 Å². The lowest BCUT2D eigenvalue weighted by molar-refractivity contribution is -0.144. The van der Waals surface area contributed by atoms with Gasteiger partial charge < -0.3 is 29.3 Å². The molecule has 0 aromatic heterocycles. The Balaban J connectivity index is 1.48. The molecule has 2 N–H and O–H groups in total.